The monoisotopic (exact) mass is 514 g/mol. The largest absolute Gasteiger partial charge is 0.463 e. The molecule has 2 atom stereocenters. The Hall–Kier alpha value is -3.29. The molecule has 37 heavy (non-hydrogen) atoms. The van der Waals surface area contributed by atoms with Crippen molar-refractivity contribution in [2.75, 3.05) is 32.1 Å². The number of thiophene rings is 1. The minimum Gasteiger partial charge on any atom is -0.463 e. The number of hydrogen-bond acceptors (Lipinski definition) is 7. The van der Waals surface area contributed by atoms with E-state index < -0.39 is 0 Å². The fraction of sp³-hybridized carbons (Fsp3) is 0.367. The molecule has 1 unspecified atom stereocenters. The van der Waals surface area contributed by atoms with Crippen LogP contribution in [-0.4, -0.2) is 47.6 Å². The first kappa shape index (κ1) is 25.4. The summed E-state index contributed by atoms with van der Waals surface area (Å²) >= 11 is 1.68. The van der Waals surface area contributed by atoms with Crippen molar-refractivity contribution in [3.05, 3.63) is 78.1 Å². The van der Waals surface area contributed by atoms with Crippen molar-refractivity contribution in [2.45, 2.75) is 38.6 Å². The molecule has 1 fully saturated rings. The van der Waals surface area contributed by atoms with Crippen molar-refractivity contribution in [3.63, 3.8) is 0 Å². The number of nitrogens with one attached hydrogen (secondary N) is 1. The number of benzene rings is 2. The maximum atomic E-state index is 11.5. The predicted octanol–water partition coefficient (Wildman–Crippen LogP) is 6.35. The molecular weight excluding hydrogens is 480 g/mol. The average molecular weight is 515 g/mol. The number of hydrogen-bond donors (Lipinski definition) is 1. The minimum atomic E-state index is -0.302. The van der Waals surface area contributed by atoms with E-state index in [2.05, 4.69) is 57.6 Å². The van der Waals surface area contributed by atoms with Crippen molar-refractivity contribution >= 4 is 33.3 Å². The molecule has 0 amide bonds. The number of ether oxygens (including phenoxy) is 1. The molecule has 5 rings (SSSR count). The van der Waals surface area contributed by atoms with Gasteiger partial charge in [-0.15, -0.1) is 11.3 Å². The Kier molecular flexibility index (Phi) is 8.12. The normalized spacial score (nSPS) is 17.3. The van der Waals surface area contributed by atoms with Crippen molar-refractivity contribution in [2.24, 2.45) is 5.92 Å². The van der Waals surface area contributed by atoms with Gasteiger partial charge in [0.05, 0.1) is 16.3 Å². The van der Waals surface area contributed by atoms with Gasteiger partial charge in [-0.25, -0.2) is 9.97 Å². The van der Waals surface area contributed by atoms with Gasteiger partial charge in [-0.1, -0.05) is 54.6 Å². The lowest BCUT2D eigenvalue weighted by atomic mass is 9.92. The topological polar surface area (TPSA) is 67.3 Å². The van der Waals surface area contributed by atoms with E-state index >= 15 is 0 Å². The molecule has 0 spiro atoms. The highest BCUT2D eigenvalue weighted by Gasteiger charge is 2.18. The SMILES string of the molecule is CC(=O)OC[C@@H](Nc1ncnc2cc(-c3ccc(CC4CCCN(C)CC4)cc3)sc12)c1ccccc1. The van der Waals surface area contributed by atoms with Crippen LogP contribution >= 0.6 is 11.3 Å². The highest BCUT2D eigenvalue weighted by Crippen LogP contribution is 2.37. The lowest BCUT2D eigenvalue weighted by molar-refractivity contribution is -0.141. The Morgan fingerprint density at radius 1 is 1.11 bits per heavy atom. The van der Waals surface area contributed by atoms with Gasteiger partial charge in [-0.3, -0.25) is 4.79 Å². The van der Waals surface area contributed by atoms with E-state index in [1.165, 1.54) is 50.4 Å². The third kappa shape index (κ3) is 6.53. The number of carbonyl (C=O) groups is 1. The van der Waals surface area contributed by atoms with Gasteiger partial charge in [0, 0.05) is 11.8 Å². The molecule has 1 N–H and O–H groups in total. The molecular formula is C30H34N4O2S. The number of anilines is 1. The van der Waals surface area contributed by atoms with Gasteiger partial charge >= 0.3 is 5.97 Å². The Morgan fingerprint density at radius 3 is 2.70 bits per heavy atom. The molecule has 4 aromatic rings. The van der Waals surface area contributed by atoms with Crippen LogP contribution in [0.1, 0.15) is 43.4 Å². The molecule has 0 radical (unpaired) electrons. The zero-order valence-electron chi connectivity index (χ0n) is 21.5. The van der Waals surface area contributed by atoms with Gasteiger partial charge < -0.3 is 15.0 Å². The highest BCUT2D eigenvalue weighted by molar-refractivity contribution is 7.22. The molecule has 6 nitrogen and oxygen atoms in total. The summed E-state index contributed by atoms with van der Waals surface area (Å²) in [5.41, 5.74) is 4.54. The highest BCUT2D eigenvalue weighted by atomic mass is 32.1. The summed E-state index contributed by atoms with van der Waals surface area (Å²) in [6.07, 6.45) is 6.64. The molecule has 2 aromatic heterocycles. The van der Waals surface area contributed by atoms with E-state index in [9.17, 15) is 4.79 Å². The molecule has 1 aliphatic rings. The van der Waals surface area contributed by atoms with Crippen LogP contribution in [0.3, 0.4) is 0 Å². The zero-order valence-corrected chi connectivity index (χ0v) is 22.3. The van der Waals surface area contributed by atoms with Crippen LogP contribution in [-0.2, 0) is 16.0 Å². The fourth-order valence-electron chi connectivity index (χ4n) is 5.02. The first-order valence-corrected chi connectivity index (χ1v) is 13.8. The third-order valence-electron chi connectivity index (χ3n) is 7.11. The number of aromatic nitrogens is 2. The summed E-state index contributed by atoms with van der Waals surface area (Å²) in [6, 6.07) is 20.9. The fourth-order valence-corrected chi connectivity index (χ4v) is 6.09. The van der Waals surface area contributed by atoms with Crippen LogP contribution in [0.4, 0.5) is 5.82 Å². The van der Waals surface area contributed by atoms with E-state index in [4.69, 9.17) is 4.74 Å². The van der Waals surface area contributed by atoms with E-state index in [-0.39, 0.29) is 18.6 Å². The van der Waals surface area contributed by atoms with Crippen molar-refractivity contribution in [3.8, 4) is 10.4 Å². The first-order chi connectivity index (χ1) is 18.0. The van der Waals surface area contributed by atoms with Gasteiger partial charge in [0.2, 0.25) is 0 Å². The Bertz CT molecular complexity index is 1320. The number of nitrogens with zero attached hydrogens (tertiary/aromatic N) is 3. The second-order valence-corrected chi connectivity index (χ2v) is 11.0. The average Bonchev–Trinajstić information content (AvgIpc) is 3.25. The van der Waals surface area contributed by atoms with Crippen molar-refractivity contribution in [1.29, 1.82) is 0 Å². The van der Waals surface area contributed by atoms with Crippen molar-refractivity contribution < 1.29 is 9.53 Å². The van der Waals surface area contributed by atoms with Crippen LogP contribution < -0.4 is 5.32 Å². The quantitative estimate of drug-likeness (QED) is 0.276. The lowest BCUT2D eigenvalue weighted by Crippen LogP contribution is -2.19. The van der Waals surface area contributed by atoms with Gasteiger partial charge in [0.15, 0.2) is 0 Å². The maximum Gasteiger partial charge on any atom is 0.302 e. The maximum absolute atomic E-state index is 11.5. The second kappa shape index (κ2) is 11.8. The van der Waals surface area contributed by atoms with Gasteiger partial charge in [0.25, 0.3) is 0 Å². The lowest BCUT2D eigenvalue weighted by Gasteiger charge is -2.19. The Balaban J connectivity index is 1.34. The van der Waals surface area contributed by atoms with Crippen LogP contribution in [0.25, 0.3) is 20.7 Å². The van der Waals surface area contributed by atoms with Crippen LogP contribution in [0.2, 0.25) is 0 Å². The predicted molar refractivity (Wildman–Crippen MR) is 151 cm³/mol. The Labute approximate surface area is 222 Å². The molecule has 3 heterocycles. The smallest absolute Gasteiger partial charge is 0.302 e. The van der Waals surface area contributed by atoms with Crippen molar-refractivity contribution in [1.82, 2.24) is 14.9 Å². The molecule has 0 saturated carbocycles. The Morgan fingerprint density at radius 2 is 1.92 bits per heavy atom. The van der Waals surface area contributed by atoms with E-state index in [1.807, 2.05) is 30.3 Å². The van der Waals surface area contributed by atoms with Gasteiger partial charge in [-0.2, -0.15) is 0 Å². The van der Waals surface area contributed by atoms with E-state index in [0.717, 1.165) is 38.8 Å². The van der Waals surface area contributed by atoms with E-state index in [1.54, 1.807) is 17.7 Å². The number of carbonyl (C=O) groups excluding carboxylic acids is 1. The molecule has 0 aliphatic carbocycles. The number of rotatable bonds is 8. The van der Waals surface area contributed by atoms with Crippen LogP contribution in [0.15, 0.2) is 67.0 Å². The summed E-state index contributed by atoms with van der Waals surface area (Å²) in [6.45, 7) is 4.07. The number of likely N-dealkylation sites (tertiary alicyclic amines) is 1. The zero-order chi connectivity index (χ0) is 25.6. The van der Waals surface area contributed by atoms with Gasteiger partial charge in [-0.05, 0) is 74.5 Å². The van der Waals surface area contributed by atoms with E-state index in [0.29, 0.717) is 0 Å². The summed E-state index contributed by atoms with van der Waals surface area (Å²) in [4.78, 5) is 24.2. The summed E-state index contributed by atoms with van der Waals surface area (Å²) in [7, 11) is 2.23. The summed E-state index contributed by atoms with van der Waals surface area (Å²) in [5.74, 6) is 1.22. The first-order valence-electron chi connectivity index (χ1n) is 13.0. The van der Waals surface area contributed by atoms with Gasteiger partial charge in [0.1, 0.15) is 18.8 Å². The third-order valence-corrected chi connectivity index (χ3v) is 8.29. The number of fused-ring (bicyclic) bond motifs is 1. The number of esters is 1. The standard InChI is InChI=1S/C30H34N4O2S/c1-21(35)36-19-27(24-8-4-3-5-9-24)33-30-29-26(31-20-32-30)18-28(37-29)25-12-10-23(11-13-25)17-22-7-6-15-34(2)16-14-22/h3-5,8-13,18,20,22,27H,6-7,14-17,19H2,1-2H3,(H,31,32,33)/t22?,27-/m1/s1. The molecule has 2 aromatic carbocycles. The van der Waals surface area contributed by atoms with Crippen LogP contribution in [0.5, 0.6) is 0 Å². The molecule has 7 heteroatoms. The molecule has 1 saturated heterocycles. The summed E-state index contributed by atoms with van der Waals surface area (Å²) < 4.78 is 6.34. The molecule has 0 bridgehead atoms. The summed E-state index contributed by atoms with van der Waals surface area (Å²) in [5, 5.41) is 3.50. The molecule has 192 valence electrons. The minimum absolute atomic E-state index is 0.211. The molecule has 1 aliphatic heterocycles. The second-order valence-electron chi connectivity index (χ2n) is 9.96. The van der Waals surface area contributed by atoms with Crippen LogP contribution in [0, 0.1) is 5.92 Å².